The summed E-state index contributed by atoms with van der Waals surface area (Å²) in [5.74, 6) is 1.55. The summed E-state index contributed by atoms with van der Waals surface area (Å²) < 4.78 is 6.85. The molecule has 3 aromatic rings. The lowest BCUT2D eigenvalue weighted by Gasteiger charge is -1.97. The first-order valence-corrected chi connectivity index (χ1v) is 6.23. The summed E-state index contributed by atoms with van der Waals surface area (Å²) in [5.41, 5.74) is 7.57. The molecule has 0 amide bonds. The molecule has 0 saturated carbocycles. The van der Waals surface area contributed by atoms with E-state index in [1.54, 1.807) is 4.68 Å². The molecule has 2 N–H and O–H groups in total. The van der Waals surface area contributed by atoms with E-state index < -0.39 is 0 Å². The molecule has 0 aliphatic carbocycles. The minimum atomic E-state index is 0.373. The van der Waals surface area contributed by atoms with E-state index in [0.29, 0.717) is 30.5 Å². The van der Waals surface area contributed by atoms with Crippen molar-refractivity contribution in [2.24, 2.45) is 0 Å². The average Bonchev–Trinajstić information content (AvgIpc) is 3.02. The lowest BCUT2D eigenvalue weighted by Crippen LogP contribution is -2.05. The zero-order valence-corrected chi connectivity index (χ0v) is 11.0. The van der Waals surface area contributed by atoms with E-state index in [9.17, 15) is 0 Å². The van der Waals surface area contributed by atoms with Crippen LogP contribution in [0.3, 0.4) is 0 Å². The molecule has 7 heteroatoms. The highest BCUT2D eigenvalue weighted by atomic mass is 16.5. The summed E-state index contributed by atoms with van der Waals surface area (Å²) >= 11 is 0. The summed E-state index contributed by atoms with van der Waals surface area (Å²) in [7, 11) is 0. The van der Waals surface area contributed by atoms with Gasteiger partial charge < -0.3 is 10.3 Å². The first-order chi connectivity index (χ1) is 9.72. The number of hydrogen-bond donors (Lipinski definition) is 1. The maximum Gasteiger partial charge on any atom is 0.248 e. The minimum absolute atomic E-state index is 0.373. The van der Waals surface area contributed by atoms with Crippen molar-refractivity contribution in [2.45, 2.75) is 19.9 Å². The zero-order chi connectivity index (χ0) is 13.9. The second-order valence-corrected chi connectivity index (χ2v) is 4.48. The number of rotatable bonds is 4. The topological polar surface area (TPSA) is 95.7 Å². The maximum atomic E-state index is 5.64. The van der Waals surface area contributed by atoms with E-state index >= 15 is 0 Å². The maximum absolute atomic E-state index is 5.64. The fraction of sp³-hybridized carbons (Fsp3) is 0.231. The summed E-state index contributed by atoms with van der Waals surface area (Å²) in [6.45, 7) is 2.22. The molecule has 0 radical (unpaired) electrons. The first-order valence-electron chi connectivity index (χ1n) is 6.23. The Balaban J connectivity index is 1.72. The van der Waals surface area contributed by atoms with Crippen LogP contribution in [0.1, 0.15) is 23.0 Å². The molecule has 2 aromatic heterocycles. The van der Waals surface area contributed by atoms with Crippen molar-refractivity contribution in [1.29, 1.82) is 0 Å². The number of nitrogen functional groups attached to an aromatic ring is 1. The third-order valence-electron chi connectivity index (χ3n) is 3.02. The van der Waals surface area contributed by atoms with Crippen molar-refractivity contribution in [3.8, 4) is 0 Å². The van der Waals surface area contributed by atoms with Gasteiger partial charge >= 0.3 is 0 Å². The number of benzene rings is 1. The SMILES string of the molecule is Cc1c(N)nnn1Cc1nc(Cc2ccccc2)no1. The lowest BCUT2D eigenvalue weighted by atomic mass is 10.1. The van der Waals surface area contributed by atoms with Crippen LogP contribution in [0.15, 0.2) is 34.9 Å². The summed E-state index contributed by atoms with van der Waals surface area (Å²) in [5, 5.41) is 11.7. The van der Waals surface area contributed by atoms with Gasteiger partial charge in [0.2, 0.25) is 5.89 Å². The Morgan fingerprint density at radius 1 is 1.25 bits per heavy atom. The smallest absolute Gasteiger partial charge is 0.248 e. The number of nitrogens with zero attached hydrogens (tertiary/aromatic N) is 5. The number of anilines is 1. The molecule has 0 saturated heterocycles. The summed E-state index contributed by atoms with van der Waals surface area (Å²) in [6, 6.07) is 10.00. The van der Waals surface area contributed by atoms with Crippen molar-refractivity contribution in [3.63, 3.8) is 0 Å². The van der Waals surface area contributed by atoms with Crippen LogP contribution < -0.4 is 5.73 Å². The molecule has 7 nitrogen and oxygen atoms in total. The second kappa shape index (κ2) is 5.12. The van der Waals surface area contributed by atoms with Crippen molar-refractivity contribution < 1.29 is 4.52 Å². The van der Waals surface area contributed by atoms with Gasteiger partial charge in [-0.25, -0.2) is 4.68 Å². The monoisotopic (exact) mass is 270 g/mol. The second-order valence-electron chi connectivity index (χ2n) is 4.48. The highest BCUT2D eigenvalue weighted by Crippen LogP contribution is 2.09. The van der Waals surface area contributed by atoms with Crippen molar-refractivity contribution in [3.05, 3.63) is 53.3 Å². The molecular formula is C13H14N6O. The van der Waals surface area contributed by atoms with Crippen molar-refractivity contribution >= 4 is 5.82 Å². The largest absolute Gasteiger partial charge is 0.381 e. The van der Waals surface area contributed by atoms with E-state index in [1.165, 1.54) is 0 Å². The predicted molar refractivity (Wildman–Crippen MR) is 71.8 cm³/mol. The standard InChI is InChI=1S/C13H14N6O/c1-9-13(14)16-18-19(9)8-12-15-11(17-20-12)7-10-5-3-2-4-6-10/h2-6H,7-8,14H2,1H3. The van der Waals surface area contributed by atoms with Gasteiger partial charge in [0, 0.05) is 6.42 Å². The molecule has 0 bridgehead atoms. The molecule has 2 heterocycles. The van der Waals surface area contributed by atoms with Gasteiger partial charge in [-0.15, -0.1) is 5.10 Å². The molecular weight excluding hydrogens is 256 g/mol. The fourth-order valence-electron chi connectivity index (χ4n) is 1.86. The predicted octanol–water partition coefficient (Wildman–Crippen LogP) is 1.19. The highest BCUT2D eigenvalue weighted by molar-refractivity contribution is 5.31. The van der Waals surface area contributed by atoms with Crippen LogP contribution in [-0.2, 0) is 13.0 Å². The highest BCUT2D eigenvalue weighted by Gasteiger charge is 2.11. The molecule has 0 aliphatic heterocycles. The first kappa shape index (κ1) is 12.3. The lowest BCUT2D eigenvalue weighted by molar-refractivity contribution is 0.359. The Morgan fingerprint density at radius 2 is 2.05 bits per heavy atom. The van der Waals surface area contributed by atoms with Gasteiger partial charge in [0.25, 0.3) is 0 Å². The number of hydrogen-bond acceptors (Lipinski definition) is 6. The molecule has 0 unspecified atom stereocenters. The molecule has 3 rings (SSSR count). The Morgan fingerprint density at radius 3 is 2.75 bits per heavy atom. The molecule has 0 spiro atoms. The third kappa shape index (κ3) is 2.51. The van der Waals surface area contributed by atoms with E-state index in [-0.39, 0.29) is 0 Å². The van der Waals surface area contributed by atoms with Crippen LogP contribution in [0.4, 0.5) is 5.82 Å². The van der Waals surface area contributed by atoms with Crippen LogP contribution >= 0.6 is 0 Å². The van der Waals surface area contributed by atoms with E-state index in [2.05, 4.69) is 20.5 Å². The van der Waals surface area contributed by atoms with Crippen LogP contribution in [0.25, 0.3) is 0 Å². The normalized spacial score (nSPS) is 10.8. The van der Waals surface area contributed by atoms with Crippen LogP contribution in [0.5, 0.6) is 0 Å². The minimum Gasteiger partial charge on any atom is -0.381 e. The van der Waals surface area contributed by atoms with Gasteiger partial charge in [-0.05, 0) is 12.5 Å². The Kier molecular flexibility index (Phi) is 3.16. The van der Waals surface area contributed by atoms with Gasteiger partial charge in [0.05, 0.1) is 5.69 Å². The van der Waals surface area contributed by atoms with E-state index in [0.717, 1.165) is 11.3 Å². The molecule has 0 atom stereocenters. The Labute approximate surface area is 115 Å². The zero-order valence-electron chi connectivity index (χ0n) is 11.0. The van der Waals surface area contributed by atoms with E-state index in [1.807, 2.05) is 37.3 Å². The molecule has 20 heavy (non-hydrogen) atoms. The van der Waals surface area contributed by atoms with Crippen molar-refractivity contribution in [2.75, 3.05) is 5.73 Å². The van der Waals surface area contributed by atoms with Gasteiger partial charge in [-0.2, -0.15) is 4.98 Å². The molecule has 1 aromatic carbocycles. The summed E-state index contributed by atoms with van der Waals surface area (Å²) in [4.78, 5) is 4.34. The summed E-state index contributed by atoms with van der Waals surface area (Å²) in [6.07, 6.45) is 0.642. The van der Waals surface area contributed by atoms with Gasteiger partial charge in [-0.1, -0.05) is 40.7 Å². The molecule has 102 valence electrons. The quantitative estimate of drug-likeness (QED) is 0.765. The number of nitrogens with two attached hydrogens (primary N) is 1. The Bertz CT molecular complexity index is 703. The fourth-order valence-corrected chi connectivity index (χ4v) is 1.86. The van der Waals surface area contributed by atoms with Crippen LogP contribution in [-0.4, -0.2) is 25.1 Å². The number of aromatic nitrogens is 5. The van der Waals surface area contributed by atoms with Crippen LogP contribution in [0, 0.1) is 6.92 Å². The Hall–Kier alpha value is -2.70. The average molecular weight is 270 g/mol. The van der Waals surface area contributed by atoms with Gasteiger partial charge in [0.15, 0.2) is 11.6 Å². The van der Waals surface area contributed by atoms with Gasteiger partial charge in [0.1, 0.15) is 6.54 Å². The van der Waals surface area contributed by atoms with Gasteiger partial charge in [-0.3, -0.25) is 0 Å². The molecule has 0 aliphatic rings. The molecule has 0 fully saturated rings. The third-order valence-corrected chi connectivity index (χ3v) is 3.02. The van der Waals surface area contributed by atoms with Crippen LogP contribution in [0.2, 0.25) is 0 Å². The van der Waals surface area contributed by atoms with E-state index in [4.69, 9.17) is 10.3 Å². The van der Waals surface area contributed by atoms with Crippen molar-refractivity contribution in [1.82, 2.24) is 25.1 Å².